The zero-order valence-electron chi connectivity index (χ0n) is 10.7. The molecule has 0 radical (unpaired) electrons. The molecule has 1 aromatic rings. The molecule has 17 heavy (non-hydrogen) atoms. The van der Waals surface area contributed by atoms with Crippen LogP contribution in [0.2, 0.25) is 0 Å². The molecular weight excluding hydrogens is 214 g/mol. The lowest BCUT2D eigenvalue weighted by Crippen LogP contribution is -2.34. The van der Waals surface area contributed by atoms with Gasteiger partial charge in [0.1, 0.15) is 0 Å². The largest absolute Gasteiger partial charge is 0.349 e. The molecule has 1 unspecified atom stereocenters. The van der Waals surface area contributed by atoms with Gasteiger partial charge in [0.2, 0.25) is 5.91 Å². The zero-order chi connectivity index (χ0) is 12.7. The first-order chi connectivity index (χ1) is 8.13. The van der Waals surface area contributed by atoms with Crippen molar-refractivity contribution in [3.8, 4) is 0 Å². The van der Waals surface area contributed by atoms with Crippen LogP contribution in [-0.2, 0) is 4.79 Å². The normalized spacial score (nSPS) is 14.1. The summed E-state index contributed by atoms with van der Waals surface area (Å²) < 4.78 is 0. The van der Waals surface area contributed by atoms with E-state index in [0.717, 1.165) is 12.1 Å². The Balaban J connectivity index is 2.41. The van der Waals surface area contributed by atoms with Crippen molar-refractivity contribution in [1.82, 2.24) is 15.6 Å². The molecule has 0 aliphatic rings. The average molecular weight is 235 g/mol. The highest BCUT2D eigenvalue weighted by Crippen LogP contribution is 2.09. The highest BCUT2D eigenvalue weighted by molar-refractivity contribution is 5.77. The van der Waals surface area contributed by atoms with Crippen LogP contribution in [0.4, 0.5) is 0 Å². The van der Waals surface area contributed by atoms with Crippen LogP contribution in [0.15, 0.2) is 24.5 Å². The maximum Gasteiger partial charge on any atom is 0.222 e. The molecule has 0 fully saturated rings. The Kier molecular flexibility index (Phi) is 5.63. The van der Waals surface area contributed by atoms with E-state index in [0.29, 0.717) is 6.42 Å². The van der Waals surface area contributed by atoms with Crippen molar-refractivity contribution in [2.75, 3.05) is 6.54 Å². The molecule has 1 heterocycles. The Morgan fingerprint density at radius 2 is 2.24 bits per heavy atom. The van der Waals surface area contributed by atoms with E-state index in [1.807, 2.05) is 32.9 Å². The van der Waals surface area contributed by atoms with Crippen LogP contribution in [-0.4, -0.2) is 23.5 Å². The number of hydrogen-bond donors (Lipinski definition) is 2. The summed E-state index contributed by atoms with van der Waals surface area (Å²) in [5.74, 6) is 0.0646. The van der Waals surface area contributed by atoms with Crippen LogP contribution in [0.5, 0.6) is 0 Å². The van der Waals surface area contributed by atoms with Gasteiger partial charge in [0.05, 0.1) is 6.04 Å². The van der Waals surface area contributed by atoms with Gasteiger partial charge in [-0.15, -0.1) is 0 Å². The van der Waals surface area contributed by atoms with Crippen molar-refractivity contribution in [3.63, 3.8) is 0 Å². The Labute approximate surface area is 103 Å². The summed E-state index contributed by atoms with van der Waals surface area (Å²) in [6.45, 7) is 6.89. The quantitative estimate of drug-likeness (QED) is 0.788. The van der Waals surface area contributed by atoms with E-state index in [1.54, 1.807) is 12.4 Å². The fourth-order valence-corrected chi connectivity index (χ4v) is 1.71. The first kappa shape index (κ1) is 13.6. The van der Waals surface area contributed by atoms with Gasteiger partial charge < -0.3 is 10.6 Å². The SMILES string of the molecule is CCNC(C)CC(=O)N[C@@H](C)c1cccnc1. The van der Waals surface area contributed by atoms with Crippen molar-refractivity contribution in [3.05, 3.63) is 30.1 Å². The molecule has 2 N–H and O–H groups in total. The molecule has 2 atom stereocenters. The van der Waals surface area contributed by atoms with E-state index >= 15 is 0 Å². The van der Waals surface area contributed by atoms with Crippen molar-refractivity contribution in [2.24, 2.45) is 0 Å². The average Bonchev–Trinajstić information content (AvgIpc) is 2.30. The Morgan fingerprint density at radius 1 is 1.47 bits per heavy atom. The van der Waals surface area contributed by atoms with E-state index in [1.165, 1.54) is 0 Å². The maximum atomic E-state index is 11.7. The van der Waals surface area contributed by atoms with Crippen molar-refractivity contribution in [2.45, 2.75) is 39.3 Å². The fraction of sp³-hybridized carbons (Fsp3) is 0.538. The Bertz CT molecular complexity index is 340. The third kappa shape index (κ3) is 4.95. The molecule has 4 heteroatoms. The lowest BCUT2D eigenvalue weighted by atomic mass is 10.1. The number of carbonyl (C=O) groups excluding carboxylic acids is 1. The zero-order valence-corrected chi connectivity index (χ0v) is 10.7. The fourth-order valence-electron chi connectivity index (χ4n) is 1.71. The second-order valence-corrected chi connectivity index (χ2v) is 4.24. The number of amides is 1. The lowest BCUT2D eigenvalue weighted by Gasteiger charge is -2.16. The van der Waals surface area contributed by atoms with Crippen LogP contribution in [0, 0.1) is 0 Å². The minimum Gasteiger partial charge on any atom is -0.349 e. The summed E-state index contributed by atoms with van der Waals surface area (Å²) in [6, 6.07) is 4.05. The highest BCUT2D eigenvalue weighted by Gasteiger charge is 2.12. The van der Waals surface area contributed by atoms with Gasteiger partial charge in [-0.2, -0.15) is 0 Å². The van der Waals surface area contributed by atoms with E-state index in [9.17, 15) is 4.79 Å². The number of hydrogen-bond acceptors (Lipinski definition) is 3. The lowest BCUT2D eigenvalue weighted by molar-refractivity contribution is -0.122. The molecule has 0 aliphatic carbocycles. The molecule has 1 amide bonds. The molecule has 0 spiro atoms. The first-order valence-electron chi connectivity index (χ1n) is 6.06. The predicted molar refractivity (Wildman–Crippen MR) is 68.6 cm³/mol. The molecule has 1 aromatic heterocycles. The monoisotopic (exact) mass is 235 g/mol. The first-order valence-corrected chi connectivity index (χ1v) is 6.06. The summed E-state index contributed by atoms with van der Waals surface area (Å²) in [5, 5.41) is 6.18. The number of nitrogens with zero attached hydrogens (tertiary/aromatic N) is 1. The van der Waals surface area contributed by atoms with Gasteiger partial charge in [-0.1, -0.05) is 13.0 Å². The minimum absolute atomic E-state index is 0.00465. The van der Waals surface area contributed by atoms with Gasteiger partial charge in [-0.25, -0.2) is 0 Å². The molecule has 0 aliphatic heterocycles. The molecule has 4 nitrogen and oxygen atoms in total. The summed E-state index contributed by atoms with van der Waals surface area (Å²) in [6.07, 6.45) is 4.00. The van der Waals surface area contributed by atoms with Crippen molar-refractivity contribution in [1.29, 1.82) is 0 Å². The van der Waals surface area contributed by atoms with Crippen molar-refractivity contribution < 1.29 is 4.79 Å². The summed E-state index contributed by atoms with van der Waals surface area (Å²) >= 11 is 0. The second-order valence-electron chi connectivity index (χ2n) is 4.24. The second kappa shape index (κ2) is 7.01. The summed E-state index contributed by atoms with van der Waals surface area (Å²) in [7, 11) is 0. The maximum absolute atomic E-state index is 11.7. The number of carbonyl (C=O) groups is 1. The third-order valence-electron chi connectivity index (χ3n) is 2.61. The minimum atomic E-state index is 0.00465. The topological polar surface area (TPSA) is 54.0 Å². The predicted octanol–water partition coefficient (Wildman–Crippen LogP) is 1.65. The molecular formula is C13H21N3O. The molecule has 94 valence electrons. The van der Waals surface area contributed by atoms with Crippen LogP contribution >= 0.6 is 0 Å². The van der Waals surface area contributed by atoms with E-state index in [2.05, 4.69) is 15.6 Å². The molecule has 0 aromatic carbocycles. The van der Waals surface area contributed by atoms with E-state index < -0.39 is 0 Å². The number of rotatable bonds is 6. The van der Waals surface area contributed by atoms with Crippen molar-refractivity contribution >= 4 is 5.91 Å². The number of aromatic nitrogens is 1. The Morgan fingerprint density at radius 3 is 2.82 bits per heavy atom. The van der Waals surface area contributed by atoms with Gasteiger partial charge in [0, 0.05) is 24.9 Å². The summed E-state index contributed by atoms with van der Waals surface area (Å²) in [5.41, 5.74) is 1.02. The van der Waals surface area contributed by atoms with Gasteiger partial charge in [0.15, 0.2) is 0 Å². The van der Waals surface area contributed by atoms with Crippen LogP contribution < -0.4 is 10.6 Å². The van der Waals surface area contributed by atoms with Crippen LogP contribution in [0.25, 0.3) is 0 Å². The summed E-state index contributed by atoms with van der Waals surface area (Å²) in [4.78, 5) is 15.8. The van der Waals surface area contributed by atoms with Gasteiger partial charge >= 0.3 is 0 Å². The van der Waals surface area contributed by atoms with Crippen LogP contribution in [0.3, 0.4) is 0 Å². The molecule has 1 rings (SSSR count). The number of pyridine rings is 1. The smallest absolute Gasteiger partial charge is 0.222 e. The molecule has 0 saturated heterocycles. The highest BCUT2D eigenvalue weighted by atomic mass is 16.1. The number of nitrogens with one attached hydrogen (secondary N) is 2. The molecule has 0 saturated carbocycles. The Hall–Kier alpha value is -1.42. The van der Waals surface area contributed by atoms with Gasteiger partial charge in [-0.3, -0.25) is 9.78 Å². The standard InChI is InChI=1S/C13H21N3O/c1-4-15-10(2)8-13(17)16-11(3)12-6-5-7-14-9-12/h5-7,9-11,15H,4,8H2,1-3H3,(H,16,17)/t10?,11-/m0/s1. The van der Waals surface area contributed by atoms with Gasteiger partial charge in [0.25, 0.3) is 0 Å². The van der Waals surface area contributed by atoms with E-state index in [-0.39, 0.29) is 18.0 Å². The third-order valence-corrected chi connectivity index (χ3v) is 2.61. The van der Waals surface area contributed by atoms with Gasteiger partial charge in [-0.05, 0) is 32.0 Å². The van der Waals surface area contributed by atoms with Crippen LogP contribution in [0.1, 0.15) is 38.8 Å². The van der Waals surface area contributed by atoms with E-state index in [4.69, 9.17) is 0 Å². The molecule has 0 bridgehead atoms.